The first kappa shape index (κ1) is 17.0. The molecule has 1 fully saturated rings. The molecule has 2 amide bonds. The summed E-state index contributed by atoms with van der Waals surface area (Å²) in [5, 5.41) is 5.40. The second kappa shape index (κ2) is 6.93. The number of hydrogen-bond acceptors (Lipinski definition) is 3. The van der Waals surface area contributed by atoms with E-state index in [0.29, 0.717) is 36.6 Å². The third kappa shape index (κ3) is 3.63. The molecule has 130 valence electrons. The Kier molecular flexibility index (Phi) is 4.70. The molecule has 2 aromatic rings. The van der Waals surface area contributed by atoms with Gasteiger partial charge in [-0.15, -0.1) is 0 Å². The number of ether oxygens (including phenoxy) is 1. The first-order valence-corrected chi connectivity index (χ1v) is 8.15. The van der Waals surface area contributed by atoms with Crippen LogP contribution in [-0.4, -0.2) is 18.4 Å². The van der Waals surface area contributed by atoms with Gasteiger partial charge in [-0.3, -0.25) is 9.59 Å². The van der Waals surface area contributed by atoms with E-state index >= 15 is 0 Å². The maximum atomic E-state index is 13.2. The van der Waals surface area contributed by atoms with Crippen molar-refractivity contribution in [1.82, 2.24) is 0 Å². The smallest absolute Gasteiger partial charge is 0.240 e. The van der Waals surface area contributed by atoms with E-state index < -0.39 is 17.1 Å². The van der Waals surface area contributed by atoms with Crippen LogP contribution in [0.1, 0.15) is 19.8 Å². The molecule has 0 saturated heterocycles. The van der Waals surface area contributed by atoms with Crippen LogP contribution in [0, 0.1) is 11.2 Å². The molecule has 0 unspecified atom stereocenters. The maximum Gasteiger partial charge on any atom is 0.240 e. The van der Waals surface area contributed by atoms with Gasteiger partial charge in [-0.1, -0.05) is 18.2 Å². The van der Waals surface area contributed by atoms with Gasteiger partial charge in [0.1, 0.15) is 17.0 Å². The monoisotopic (exact) mass is 342 g/mol. The van der Waals surface area contributed by atoms with Crippen LogP contribution in [0.4, 0.5) is 15.8 Å². The topological polar surface area (TPSA) is 67.4 Å². The van der Waals surface area contributed by atoms with Crippen LogP contribution in [-0.2, 0) is 9.59 Å². The molecule has 0 bridgehead atoms. The molecule has 2 aromatic carbocycles. The van der Waals surface area contributed by atoms with E-state index in [1.54, 1.807) is 24.3 Å². The number of carbonyl (C=O) groups is 2. The van der Waals surface area contributed by atoms with E-state index in [1.807, 2.05) is 13.0 Å². The Morgan fingerprint density at radius 1 is 1.08 bits per heavy atom. The fourth-order valence-electron chi connectivity index (χ4n) is 2.59. The van der Waals surface area contributed by atoms with Crippen molar-refractivity contribution in [2.24, 2.45) is 5.41 Å². The summed E-state index contributed by atoms with van der Waals surface area (Å²) in [5.41, 5.74) is -0.260. The Balaban J connectivity index is 1.72. The molecule has 2 N–H and O–H groups in total. The molecule has 6 heteroatoms. The van der Waals surface area contributed by atoms with Crippen molar-refractivity contribution in [1.29, 1.82) is 0 Å². The van der Waals surface area contributed by atoms with Crippen molar-refractivity contribution in [3.63, 3.8) is 0 Å². The van der Waals surface area contributed by atoms with E-state index in [-0.39, 0.29) is 5.91 Å². The van der Waals surface area contributed by atoms with E-state index in [1.165, 1.54) is 18.2 Å². The number of hydrogen-bond donors (Lipinski definition) is 2. The van der Waals surface area contributed by atoms with Crippen molar-refractivity contribution < 1.29 is 18.7 Å². The lowest BCUT2D eigenvalue weighted by molar-refractivity contribution is -0.131. The highest BCUT2D eigenvalue weighted by molar-refractivity contribution is 6.17. The lowest BCUT2D eigenvalue weighted by Crippen LogP contribution is -2.35. The lowest BCUT2D eigenvalue weighted by atomic mass is 10.0. The van der Waals surface area contributed by atoms with Gasteiger partial charge in [0.2, 0.25) is 11.8 Å². The molecule has 1 aliphatic rings. The second-order valence-electron chi connectivity index (χ2n) is 5.93. The molecule has 0 spiro atoms. The number of benzene rings is 2. The molecular weight excluding hydrogens is 323 g/mol. The third-order valence-electron chi connectivity index (χ3n) is 4.14. The van der Waals surface area contributed by atoms with Gasteiger partial charge in [-0.05, 0) is 50.1 Å². The SMILES string of the molecule is CCOc1ccccc1NC(=O)C1(C(=O)Nc2cccc(F)c2)CC1. The van der Waals surface area contributed by atoms with Gasteiger partial charge < -0.3 is 15.4 Å². The van der Waals surface area contributed by atoms with Crippen molar-refractivity contribution in [3.8, 4) is 5.75 Å². The zero-order chi connectivity index (χ0) is 17.9. The van der Waals surface area contributed by atoms with Crippen molar-refractivity contribution in [2.75, 3.05) is 17.2 Å². The van der Waals surface area contributed by atoms with Gasteiger partial charge in [0.15, 0.2) is 0 Å². The Hall–Kier alpha value is -2.89. The quantitative estimate of drug-likeness (QED) is 0.789. The fourth-order valence-corrected chi connectivity index (χ4v) is 2.59. The second-order valence-corrected chi connectivity index (χ2v) is 5.93. The molecule has 0 atom stereocenters. The van der Waals surface area contributed by atoms with Crippen molar-refractivity contribution in [3.05, 3.63) is 54.3 Å². The fraction of sp³-hybridized carbons (Fsp3) is 0.263. The third-order valence-corrected chi connectivity index (χ3v) is 4.14. The van der Waals surface area contributed by atoms with Crippen LogP contribution in [0.25, 0.3) is 0 Å². The highest BCUT2D eigenvalue weighted by Gasteiger charge is 2.56. The molecule has 3 rings (SSSR count). The molecule has 1 saturated carbocycles. The van der Waals surface area contributed by atoms with Gasteiger partial charge in [-0.25, -0.2) is 4.39 Å². The summed E-state index contributed by atoms with van der Waals surface area (Å²) in [4.78, 5) is 25.2. The zero-order valence-electron chi connectivity index (χ0n) is 13.8. The minimum Gasteiger partial charge on any atom is -0.492 e. The summed E-state index contributed by atoms with van der Waals surface area (Å²) < 4.78 is 18.7. The first-order valence-electron chi connectivity index (χ1n) is 8.15. The van der Waals surface area contributed by atoms with Crippen LogP contribution in [0.2, 0.25) is 0 Å². The van der Waals surface area contributed by atoms with Gasteiger partial charge in [0.25, 0.3) is 0 Å². The van der Waals surface area contributed by atoms with Crippen LogP contribution >= 0.6 is 0 Å². The molecule has 0 heterocycles. The average Bonchev–Trinajstić information content (AvgIpc) is 3.39. The molecule has 0 aromatic heterocycles. The molecule has 5 nitrogen and oxygen atoms in total. The van der Waals surface area contributed by atoms with Crippen LogP contribution < -0.4 is 15.4 Å². The van der Waals surface area contributed by atoms with E-state index in [4.69, 9.17) is 4.74 Å². The summed E-state index contributed by atoms with van der Waals surface area (Å²) in [5.74, 6) is -0.699. The largest absolute Gasteiger partial charge is 0.492 e. The number of halogens is 1. The van der Waals surface area contributed by atoms with Gasteiger partial charge >= 0.3 is 0 Å². The Bertz CT molecular complexity index is 803. The van der Waals surface area contributed by atoms with Crippen molar-refractivity contribution in [2.45, 2.75) is 19.8 Å². The van der Waals surface area contributed by atoms with Crippen LogP contribution in [0.5, 0.6) is 5.75 Å². The van der Waals surface area contributed by atoms with Crippen molar-refractivity contribution >= 4 is 23.2 Å². The summed E-state index contributed by atoms with van der Waals surface area (Å²) in [6.07, 6.45) is 0.910. The summed E-state index contributed by atoms with van der Waals surface area (Å²) in [6.45, 7) is 2.32. The highest BCUT2D eigenvalue weighted by atomic mass is 19.1. The minimum absolute atomic E-state index is 0.332. The Morgan fingerprint density at radius 3 is 2.48 bits per heavy atom. The van der Waals surface area contributed by atoms with Crippen LogP contribution in [0.15, 0.2) is 48.5 Å². The number of para-hydroxylation sites is 2. The van der Waals surface area contributed by atoms with E-state index in [9.17, 15) is 14.0 Å². The summed E-state index contributed by atoms with van der Waals surface area (Å²) >= 11 is 0. The van der Waals surface area contributed by atoms with E-state index in [0.717, 1.165) is 0 Å². The standard InChI is InChI=1S/C19H19FN2O3/c1-2-25-16-9-4-3-8-15(16)22-18(24)19(10-11-19)17(23)21-14-7-5-6-13(20)12-14/h3-9,12H,2,10-11H2,1H3,(H,21,23)(H,22,24). The highest BCUT2D eigenvalue weighted by Crippen LogP contribution is 2.48. The number of anilines is 2. The number of rotatable bonds is 6. The minimum atomic E-state index is -1.12. The molecule has 0 radical (unpaired) electrons. The number of amides is 2. The predicted molar refractivity (Wildman–Crippen MR) is 92.9 cm³/mol. The average molecular weight is 342 g/mol. The summed E-state index contributed by atoms with van der Waals surface area (Å²) in [7, 11) is 0. The first-order chi connectivity index (χ1) is 12.0. The van der Waals surface area contributed by atoms with Crippen LogP contribution in [0.3, 0.4) is 0 Å². The molecular formula is C19H19FN2O3. The van der Waals surface area contributed by atoms with Gasteiger partial charge in [-0.2, -0.15) is 0 Å². The van der Waals surface area contributed by atoms with Gasteiger partial charge in [0, 0.05) is 5.69 Å². The Labute approximate surface area is 145 Å². The lowest BCUT2D eigenvalue weighted by Gasteiger charge is -2.17. The van der Waals surface area contributed by atoms with Gasteiger partial charge in [0.05, 0.1) is 12.3 Å². The molecule has 25 heavy (non-hydrogen) atoms. The van der Waals surface area contributed by atoms with E-state index in [2.05, 4.69) is 10.6 Å². The predicted octanol–water partition coefficient (Wildman–Crippen LogP) is 3.58. The Morgan fingerprint density at radius 2 is 1.80 bits per heavy atom. The normalized spacial score (nSPS) is 14.5. The molecule has 0 aliphatic heterocycles. The zero-order valence-corrected chi connectivity index (χ0v) is 13.8. The molecule has 1 aliphatic carbocycles. The number of carbonyl (C=O) groups excluding carboxylic acids is 2. The number of nitrogens with one attached hydrogen (secondary N) is 2. The maximum absolute atomic E-state index is 13.2. The summed E-state index contributed by atoms with van der Waals surface area (Å²) in [6, 6.07) is 12.7.